The van der Waals surface area contributed by atoms with Crippen LogP contribution in [0.5, 0.6) is 0 Å². The predicted molar refractivity (Wildman–Crippen MR) is 59.4 cm³/mol. The molecule has 0 bridgehead atoms. The minimum Gasteiger partial charge on any atom is -0.269 e. The van der Waals surface area contributed by atoms with E-state index in [2.05, 4.69) is 6.92 Å². The maximum Gasteiger partial charge on any atom is 0.0131 e. The molecule has 2 N–H and O–H groups in total. The smallest absolute Gasteiger partial charge is 0.0131 e. The first kappa shape index (κ1) is 12.9. The van der Waals surface area contributed by atoms with Crippen LogP contribution < -0.4 is 5.84 Å². The third-order valence-electron chi connectivity index (χ3n) is 2.62. The molecule has 1 aliphatic rings. The maximum absolute atomic E-state index is 5.66. The Morgan fingerprint density at radius 2 is 1.77 bits per heavy atom. The van der Waals surface area contributed by atoms with Gasteiger partial charge in [0.05, 0.1) is 0 Å². The van der Waals surface area contributed by atoms with Crippen molar-refractivity contribution in [1.82, 2.24) is 5.01 Å². The summed E-state index contributed by atoms with van der Waals surface area (Å²) in [4.78, 5) is 0. The Morgan fingerprint density at radius 1 is 1.23 bits per heavy atom. The number of nitrogens with zero attached hydrogens (tertiary/aromatic N) is 1. The van der Waals surface area contributed by atoms with Crippen molar-refractivity contribution in [2.24, 2.45) is 11.8 Å². The van der Waals surface area contributed by atoms with E-state index in [0.29, 0.717) is 0 Å². The Balaban J connectivity index is 0.000000671. The highest BCUT2D eigenvalue weighted by Crippen LogP contribution is 2.20. The second-order valence-electron chi connectivity index (χ2n) is 3.62. The molecule has 0 saturated carbocycles. The molecular formula is C11H26N2. The average molecular weight is 186 g/mol. The molecule has 2 heteroatoms. The molecule has 0 aromatic rings. The molecule has 0 aromatic carbocycles. The molecule has 0 aromatic heterocycles. The Labute approximate surface area is 83.5 Å². The SMILES string of the molecule is CC.CCCCC1CCN(N)CC1. The van der Waals surface area contributed by atoms with Crippen LogP contribution in [0.15, 0.2) is 0 Å². The lowest BCUT2D eigenvalue weighted by molar-refractivity contribution is 0.180. The Hall–Kier alpha value is -0.0800. The summed E-state index contributed by atoms with van der Waals surface area (Å²) in [6.07, 6.45) is 6.79. The Kier molecular flexibility index (Phi) is 8.46. The molecular weight excluding hydrogens is 160 g/mol. The summed E-state index contributed by atoms with van der Waals surface area (Å²) in [6, 6.07) is 0. The van der Waals surface area contributed by atoms with E-state index in [0.717, 1.165) is 19.0 Å². The highest BCUT2D eigenvalue weighted by atomic mass is 15.4. The molecule has 1 saturated heterocycles. The van der Waals surface area contributed by atoms with Gasteiger partial charge in [0.1, 0.15) is 0 Å². The van der Waals surface area contributed by atoms with Gasteiger partial charge < -0.3 is 0 Å². The summed E-state index contributed by atoms with van der Waals surface area (Å²) in [5.41, 5.74) is 0. The maximum atomic E-state index is 5.66. The van der Waals surface area contributed by atoms with Gasteiger partial charge in [0.25, 0.3) is 0 Å². The van der Waals surface area contributed by atoms with Crippen molar-refractivity contribution in [1.29, 1.82) is 0 Å². The summed E-state index contributed by atoms with van der Waals surface area (Å²) in [5.74, 6) is 6.63. The normalized spacial score (nSPS) is 19.4. The molecule has 0 spiro atoms. The lowest BCUT2D eigenvalue weighted by Gasteiger charge is -2.28. The minimum atomic E-state index is 0.967. The number of nitrogens with two attached hydrogens (primary N) is 1. The van der Waals surface area contributed by atoms with Crippen molar-refractivity contribution < 1.29 is 0 Å². The highest BCUT2D eigenvalue weighted by molar-refractivity contribution is 4.68. The fourth-order valence-electron chi connectivity index (χ4n) is 1.73. The van der Waals surface area contributed by atoms with E-state index >= 15 is 0 Å². The summed E-state index contributed by atoms with van der Waals surface area (Å²) in [5, 5.41) is 1.95. The summed E-state index contributed by atoms with van der Waals surface area (Å²) >= 11 is 0. The molecule has 1 rings (SSSR count). The van der Waals surface area contributed by atoms with Crippen LogP contribution in [0.1, 0.15) is 52.9 Å². The summed E-state index contributed by atoms with van der Waals surface area (Å²) in [6.45, 7) is 8.47. The Bertz CT molecular complexity index is 93.5. The third-order valence-corrected chi connectivity index (χ3v) is 2.62. The Morgan fingerprint density at radius 3 is 2.23 bits per heavy atom. The van der Waals surface area contributed by atoms with Crippen LogP contribution in [0, 0.1) is 5.92 Å². The fourth-order valence-corrected chi connectivity index (χ4v) is 1.73. The molecule has 80 valence electrons. The molecule has 1 aliphatic heterocycles. The van der Waals surface area contributed by atoms with Gasteiger partial charge in [-0.25, -0.2) is 5.01 Å². The quantitative estimate of drug-likeness (QED) is 0.687. The number of hydrogen-bond acceptors (Lipinski definition) is 2. The molecule has 1 heterocycles. The van der Waals surface area contributed by atoms with Crippen molar-refractivity contribution in [3.63, 3.8) is 0 Å². The van der Waals surface area contributed by atoms with E-state index in [9.17, 15) is 0 Å². The zero-order chi connectivity index (χ0) is 10.1. The van der Waals surface area contributed by atoms with Gasteiger partial charge in [-0.1, -0.05) is 40.0 Å². The van der Waals surface area contributed by atoms with Crippen LogP contribution in [-0.2, 0) is 0 Å². The van der Waals surface area contributed by atoms with Gasteiger partial charge in [0, 0.05) is 13.1 Å². The number of rotatable bonds is 3. The number of piperidine rings is 1. The van der Waals surface area contributed by atoms with E-state index in [4.69, 9.17) is 5.84 Å². The predicted octanol–water partition coefficient (Wildman–Crippen LogP) is 2.79. The van der Waals surface area contributed by atoms with Gasteiger partial charge in [-0.2, -0.15) is 0 Å². The average Bonchev–Trinajstić information content (AvgIpc) is 2.20. The van der Waals surface area contributed by atoms with Crippen molar-refractivity contribution in [3.05, 3.63) is 0 Å². The van der Waals surface area contributed by atoms with Crippen molar-refractivity contribution in [3.8, 4) is 0 Å². The fraction of sp³-hybridized carbons (Fsp3) is 1.00. The van der Waals surface area contributed by atoms with E-state index in [1.165, 1.54) is 32.1 Å². The lowest BCUT2D eigenvalue weighted by Crippen LogP contribution is -2.38. The first-order valence-electron chi connectivity index (χ1n) is 5.82. The third kappa shape index (κ3) is 6.05. The van der Waals surface area contributed by atoms with Crippen LogP contribution in [0.2, 0.25) is 0 Å². The summed E-state index contributed by atoms with van der Waals surface area (Å²) < 4.78 is 0. The lowest BCUT2D eigenvalue weighted by atomic mass is 9.92. The molecule has 1 fully saturated rings. The second-order valence-corrected chi connectivity index (χ2v) is 3.62. The number of hydrogen-bond donors (Lipinski definition) is 1. The van der Waals surface area contributed by atoms with E-state index in [1.54, 1.807) is 0 Å². The second kappa shape index (κ2) is 8.52. The highest BCUT2D eigenvalue weighted by Gasteiger charge is 2.15. The number of hydrazine groups is 1. The van der Waals surface area contributed by atoms with Crippen LogP contribution in [0.3, 0.4) is 0 Å². The monoisotopic (exact) mass is 186 g/mol. The number of unbranched alkanes of at least 4 members (excludes halogenated alkanes) is 1. The van der Waals surface area contributed by atoms with Gasteiger partial charge in [0.15, 0.2) is 0 Å². The van der Waals surface area contributed by atoms with Crippen molar-refractivity contribution >= 4 is 0 Å². The molecule has 0 aliphatic carbocycles. The van der Waals surface area contributed by atoms with Crippen LogP contribution >= 0.6 is 0 Å². The van der Waals surface area contributed by atoms with Gasteiger partial charge in [-0.05, 0) is 18.8 Å². The molecule has 13 heavy (non-hydrogen) atoms. The molecule has 0 amide bonds. The van der Waals surface area contributed by atoms with Crippen LogP contribution in [0.25, 0.3) is 0 Å². The zero-order valence-corrected chi connectivity index (χ0v) is 9.55. The molecule has 0 atom stereocenters. The van der Waals surface area contributed by atoms with E-state index in [1.807, 2.05) is 18.9 Å². The zero-order valence-electron chi connectivity index (χ0n) is 9.55. The standard InChI is InChI=1S/C9H20N2.C2H6/c1-2-3-4-9-5-7-11(10)8-6-9;1-2/h9H,2-8,10H2,1H3;1-2H3. The van der Waals surface area contributed by atoms with Gasteiger partial charge in [-0.15, -0.1) is 0 Å². The molecule has 0 unspecified atom stereocenters. The van der Waals surface area contributed by atoms with Crippen LogP contribution in [-0.4, -0.2) is 18.1 Å². The largest absolute Gasteiger partial charge is 0.269 e. The molecule has 2 nitrogen and oxygen atoms in total. The molecule has 0 radical (unpaired) electrons. The van der Waals surface area contributed by atoms with Crippen molar-refractivity contribution in [2.45, 2.75) is 52.9 Å². The summed E-state index contributed by atoms with van der Waals surface area (Å²) in [7, 11) is 0. The topological polar surface area (TPSA) is 29.3 Å². The van der Waals surface area contributed by atoms with Gasteiger partial charge >= 0.3 is 0 Å². The van der Waals surface area contributed by atoms with Gasteiger partial charge in [0.2, 0.25) is 0 Å². The first-order valence-corrected chi connectivity index (χ1v) is 5.82. The minimum absolute atomic E-state index is 0.967. The van der Waals surface area contributed by atoms with Crippen molar-refractivity contribution in [2.75, 3.05) is 13.1 Å². The van der Waals surface area contributed by atoms with E-state index < -0.39 is 0 Å². The first-order chi connectivity index (χ1) is 6.33. The van der Waals surface area contributed by atoms with Gasteiger partial charge in [-0.3, -0.25) is 5.84 Å². The van der Waals surface area contributed by atoms with Crippen LogP contribution in [0.4, 0.5) is 0 Å². The van der Waals surface area contributed by atoms with E-state index in [-0.39, 0.29) is 0 Å².